The van der Waals surface area contributed by atoms with Gasteiger partial charge in [0.15, 0.2) is 5.78 Å². The van der Waals surface area contributed by atoms with E-state index in [0.717, 1.165) is 12.8 Å². The molecule has 0 unspecified atom stereocenters. The molecule has 0 saturated heterocycles. The van der Waals surface area contributed by atoms with Gasteiger partial charge in [-0.3, -0.25) is 14.4 Å². The molecule has 0 bridgehead atoms. The van der Waals surface area contributed by atoms with Crippen molar-refractivity contribution in [3.63, 3.8) is 0 Å². The van der Waals surface area contributed by atoms with Crippen molar-refractivity contribution in [1.29, 1.82) is 0 Å². The number of amides is 1. The molecular weight excluding hydrogens is 196 g/mol. The first-order valence-corrected chi connectivity index (χ1v) is 5.16. The average Bonchev–Trinajstić information content (AvgIpc) is 2.14. The third-order valence-electron chi connectivity index (χ3n) is 1.91. The molecule has 0 aromatic carbocycles. The predicted octanol–water partition coefficient (Wildman–Crippen LogP) is 0.388. The molecule has 3 N–H and O–H groups in total. The van der Waals surface area contributed by atoms with E-state index < -0.39 is 0 Å². The monoisotopic (exact) mass is 216 g/mol. The molecule has 0 radical (unpaired) electrons. The molecule has 88 valence electrons. The van der Waals surface area contributed by atoms with Crippen molar-refractivity contribution in [2.45, 2.75) is 33.1 Å². The van der Waals surface area contributed by atoms with Gasteiger partial charge < -0.3 is 5.32 Å². The lowest BCUT2D eigenvalue weighted by Gasteiger charge is -2.05. The van der Waals surface area contributed by atoms with Crippen LogP contribution in [0.25, 0.3) is 0 Å². The van der Waals surface area contributed by atoms with E-state index in [1.807, 2.05) is 0 Å². The number of hydrogen-bond acceptors (Lipinski definition) is 4. The zero-order valence-electron chi connectivity index (χ0n) is 9.41. The standard InChI is InChI=1S/C10H20N2O3/c1-8(2)4-3-5-10(14)12-6-9(13)7-15-11/h8H,3-7,11H2,1-2H3,(H,12,14). The van der Waals surface area contributed by atoms with Gasteiger partial charge in [0.05, 0.1) is 6.54 Å². The van der Waals surface area contributed by atoms with Gasteiger partial charge in [-0.25, -0.2) is 5.90 Å². The Labute approximate surface area is 90.3 Å². The Hall–Kier alpha value is -0.940. The molecule has 0 aliphatic heterocycles. The highest BCUT2D eigenvalue weighted by molar-refractivity contribution is 5.86. The average molecular weight is 216 g/mol. The molecule has 0 atom stereocenters. The summed E-state index contributed by atoms with van der Waals surface area (Å²) < 4.78 is 0. The Kier molecular flexibility index (Phi) is 7.85. The molecule has 5 nitrogen and oxygen atoms in total. The summed E-state index contributed by atoms with van der Waals surface area (Å²) in [6, 6.07) is 0. The maximum Gasteiger partial charge on any atom is 0.220 e. The lowest BCUT2D eigenvalue weighted by Crippen LogP contribution is -2.31. The van der Waals surface area contributed by atoms with Crippen molar-refractivity contribution >= 4 is 11.7 Å². The minimum atomic E-state index is -0.227. The first kappa shape index (κ1) is 14.1. The van der Waals surface area contributed by atoms with E-state index in [9.17, 15) is 9.59 Å². The van der Waals surface area contributed by atoms with Gasteiger partial charge in [-0.15, -0.1) is 0 Å². The molecule has 0 aromatic rings. The first-order valence-electron chi connectivity index (χ1n) is 5.16. The number of hydrogen-bond donors (Lipinski definition) is 2. The maximum absolute atomic E-state index is 11.2. The molecule has 0 saturated carbocycles. The fourth-order valence-corrected chi connectivity index (χ4v) is 1.10. The Bertz CT molecular complexity index is 205. The summed E-state index contributed by atoms with van der Waals surface area (Å²) in [5.74, 6) is 4.99. The minimum absolute atomic E-state index is 0.00227. The van der Waals surface area contributed by atoms with E-state index in [1.165, 1.54) is 0 Å². The van der Waals surface area contributed by atoms with E-state index in [-0.39, 0.29) is 24.8 Å². The summed E-state index contributed by atoms with van der Waals surface area (Å²) >= 11 is 0. The van der Waals surface area contributed by atoms with Gasteiger partial charge in [0.2, 0.25) is 5.91 Å². The lowest BCUT2D eigenvalue weighted by molar-refractivity contribution is -0.127. The van der Waals surface area contributed by atoms with E-state index in [4.69, 9.17) is 5.90 Å². The number of Topliss-reactive ketones (excluding diaryl/α,β-unsaturated/α-hetero) is 1. The smallest absolute Gasteiger partial charge is 0.220 e. The van der Waals surface area contributed by atoms with Crippen LogP contribution >= 0.6 is 0 Å². The van der Waals surface area contributed by atoms with Crippen molar-refractivity contribution in [1.82, 2.24) is 5.32 Å². The van der Waals surface area contributed by atoms with Gasteiger partial charge in [-0.2, -0.15) is 0 Å². The molecule has 0 heterocycles. The van der Waals surface area contributed by atoms with Crippen molar-refractivity contribution in [3.8, 4) is 0 Å². The fourth-order valence-electron chi connectivity index (χ4n) is 1.10. The molecule has 5 heteroatoms. The van der Waals surface area contributed by atoms with Crippen LogP contribution in [0.1, 0.15) is 33.1 Å². The first-order chi connectivity index (χ1) is 7.06. The normalized spacial score (nSPS) is 10.4. The fraction of sp³-hybridized carbons (Fsp3) is 0.800. The third-order valence-corrected chi connectivity index (χ3v) is 1.91. The lowest BCUT2D eigenvalue weighted by atomic mass is 10.1. The van der Waals surface area contributed by atoms with Crippen molar-refractivity contribution in [3.05, 3.63) is 0 Å². The minimum Gasteiger partial charge on any atom is -0.349 e. The predicted molar refractivity (Wildman–Crippen MR) is 56.8 cm³/mol. The second-order valence-electron chi connectivity index (χ2n) is 3.91. The molecule has 0 aliphatic carbocycles. The Morgan fingerprint density at radius 2 is 2.07 bits per heavy atom. The molecule has 0 spiro atoms. The molecular formula is C10H20N2O3. The van der Waals surface area contributed by atoms with Crippen LogP contribution in [-0.2, 0) is 14.4 Å². The van der Waals surface area contributed by atoms with E-state index in [0.29, 0.717) is 12.3 Å². The highest BCUT2D eigenvalue weighted by Gasteiger charge is 2.05. The summed E-state index contributed by atoms with van der Waals surface area (Å²) in [4.78, 5) is 26.3. The summed E-state index contributed by atoms with van der Waals surface area (Å²) in [6.07, 6.45) is 2.34. The second kappa shape index (κ2) is 8.38. The van der Waals surface area contributed by atoms with Gasteiger partial charge >= 0.3 is 0 Å². The number of carbonyl (C=O) groups excluding carboxylic acids is 2. The van der Waals surface area contributed by atoms with Gasteiger partial charge in [0.25, 0.3) is 0 Å². The van der Waals surface area contributed by atoms with Gasteiger partial charge in [0, 0.05) is 6.42 Å². The van der Waals surface area contributed by atoms with Crippen LogP contribution in [0.15, 0.2) is 0 Å². The molecule has 15 heavy (non-hydrogen) atoms. The number of ketones is 1. The van der Waals surface area contributed by atoms with Gasteiger partial charge in [0.1, 0.15) is 6.61 Å². The van der Waals surface area contributed by atoms with Crippen LogP contribution in [0.3, 0.4) is 0 Å². The van der Waals surface area contributed by atoms with Crippen LogP contribution in [0.4, 0.5) is 0 Å². The Morgan fingerprint density at radius 1 is 1.40 bits per heavy atom. The van der Waals surface area contributed by atoms with Crippen LogP contribution in [0.2, 0.25) is 0 Å². The van der Waals surface area contributed by atoms with Crippen molar-refractivity contribution in [2.75, 3.05) is 13.2 Å². The summed E-state index contributed by atoms with van der Waals surface area (Å²) in [7, 11) is 0. The topological polar surface area (TPSA) is 81.4 Å². The number of nitrogens with one attached hydrogen (secondary N) is 1. The van der Waals surface area contributed by atoms with E-state index >= 15 is 0 Å². The Morgan fingerprint density at radius 3 is 2.60 bits per heavy atom. The van der Waals surface area contributed by atoms with Crippen LogP contribution < -0.4 is 11.2 Å². The summed E-state index contributed by atoms with van der Waals surface area (Å²) in [5, 5.41) is 2.52. The van der Waals surface area contributed by atoms with E-state index in [1.54, 1.807) is 0 Å². The number of nitrogens with two attached hydrogens (primary N) is 1. The molecule has 0 rings (SSSR count). The highest BCUT2D eigenvalue weighted by Crippen LogP contribution is 2.05. The van der Waals surface area contributed by atoms with E-state index in [2.05, 4.69) is 24.0 Å². The van der Waals surface area contributed by atoms with Crippen molar-refractivity contribution < 1.29 is 14.4 Å². The highest BCUT2D eigenvalue weighted by atomic mass is 16.6. The summed E-state index contributed by atoms with van der Waals surface area (Å²) in [5.41, 5.74) is 0. The third kappa shape index (κ3) is 9.37. The van der Waals surface area contributed by atoms with Gasteiger partial charge in [-0.05, 0) is 12.3 Å². The van der Waals surface area contributed by atoms with Crippen LogP contribution in [0.5, 0.6) is 0 Å². The SMILES string of the molecule is CC(C)CCCC(=O)NCC(=O)CON. The van der Waals surface area contributed by atoms with Gasteiger partial charge in [-0.1, -0.05) is 20.3 Å². The summed E-state index contributed by atoms with van der Waals surface area (Å²) in [6.45, 7) is 4.06. The number of rotatable bonds is 8. The number of carbonyl (C=O) groups is 2. The molecule has 0 fully saturated rings. The quantitative estimate of drug-likeness (QED) is 0.575. The second-order valence-corrected chi connectivity index (χ2v) is 3.91. The Balaban J connectivity index is 3.45. The molecule has 0 aromatic heterocycles. The van der Waals surface area contributed by atoms with Crippen molar-refractivity contribution in [2.24, 2.45) is 11.8 Å². The largest absolute Gasteiger partial charge is 0.349 e. The maximum atomic E-state index is 11.2. The zero-order chi connectivity index (χ0) is 11.7. The van der Waals surface area contributed by atoms with Crippen LogP contribution in [-0.4, -0.2) is 24.8 Å². The molecule has 1 amide bonds. The van der Waals surface area contributed by atoms with Crippen LogP contribution in [0, 0.1) is 5.92 Å². The molecule has 0 aliphatic rings. The zero-order valence-corrected chi connectivity index (χ0v) is 9.41.